The third-order valence-electron chi connectivity index (χ3n) is 4.74. The van der Waals surface area contributed by atoms with Crippen LogP contribution in [0.2, 0.25) is 0 Å². The van der Waals surface area contributed by atoms with Gasteiger partial charge in [-0.1, -0.05) is 15.9 Å². The predicted molar refractivity (Wildman–Crippen MR) is 137 cm³/mol. The molecule has 0 radical (unpaired) electrons. The molecule has 0 aliphatic rings. The number of carbonyl (C=O) groups is 3. The Bertz CT molecular complexity index is 1330. The fraction of sp³-hybridized carbons (Fsp3) is 0.120. The van der Waals surface area contributed by atoms with E-state index in [0.29, 0.717) is 17.0 Å². The van der Waals surface area contributed by atoms with Gasteiger partial charge in [0.1, 0.15) is 11.5 Å². The minimum Gasteiger partial charge on any atom is -0.497 e. The van der Waals surface area contributed by atoms with Gasteiger partial charge in [0.2, 0.25) is 0 Å². The molecule has 0 unspecified atom stereocenters. The second-order valence-electron chi connectivity index (χ2n) is 7.48. The van der Waals surface area contributed by atoms with Crippen molar-refractivity contribution in [3.05, 3.63) is 82.3 Å². The molecule has 3 aromatic carbocycles. The third kappa shape index (κ3) is 8.34. The van der Waals surface area contributed by atoms with Crippen LogP contribution in [-0.2, 0) is 20.6 Å². The fourth-order valence-electron chi connectivity index (χ4n) is 2.92. The number of hydrogen-bond donors (Lipinski definition) is 3. The maximum atomic E-state index is 13.2. The van der Waals surface area contributed by atoms with E-state index in [1.165, 1.54) is 31.5 Å². The van der Waals surface area contributed by atoms with Gasteiger partial charge >= 0.3 is 18.0 Å². The quantitative estimate of drug-likeness (QED) is 0.201. The molecule has 3 N–H and O–H groups in total. The summed E-state index contributed by atoms with van der Waals surface area (Å²) in [6.07, 6.45) is -3.37. The summed E-state index contributed by atoms with van der Waals surface area (Å²) >= 11 is 2.98. The number of methoxy groups -OCH3 is 1. The zero-order valence-electron chi connectivity index (χ0n) is 19.6. The van der Waals surface area contributed by atoms with Crippen molar-refractivity contribution in [1.29, 1.82) is 0 Å². The van der Waals surface area contributed by atoms with Gasteiger partial charge in [-0.15, -0.1) is 0 Å². The molecule has 0 fully saturated rings. The average Bonchev–Trinajstić information content (AvgIpc) is 2.89. The van der Waals surface area contributed by atoms with Crippen LogP contribution in [0, 0.1) is 0 Å². The van der Waals surface area contributed by atoms with Crippen LogP contribution in [0.5, 0.6) is 11.5 Å². The maximum absolute atomic E-state index is 13.2. The molecule has 0 bridgehead atoms. The lowest BCUT2D eigenvalue weighted by atomic mass is 10.1. The minimum absolute atomic E-state index is 0.221. The van der Waals surface area contributed by atoms with Crippen molar-refractivity contribution in [2.24, 2.45) is 5.10 Å². The second kappa shape index (κ2) is 12.7. The van der Waals surface area contributed by atoms with E-state index in [1.807, 2.05) is 0 Å². The molecular weight excluding hydrogens is 573 g/mol. The summed E-state index contributed by atoms with van der Waals surface area (Å²) in [5.74, 6) is -1.81. The van der Waals surface area contributed by atoms with Crippen molar-refractivity contribution in [2.45, 2.75) is 6.18 Å². The highest BCUT2D eigenvalue weighted by atomic mass is 79.9. The minimum atomic E-state index is -4.65. The summed E-state index contributed by atoms with van der Waals surface area (Å²) < 4.78 is 50.1. The van der Waals surface area contributed by atoms with E-state index in [-0.39, 0.29) is 15.9 Å². The van der Waals surface area contributed by atoms with Crippen molar-refractivity contribution in [3.63, 3.8) is 0 Å². The highest BCUT2D eigenvalue weighted by molar-refractivity contribution is 9.10. The highest BCUT2D eigenvalue weighted by Crippen LogP contribution is 2.36. The van der Waals surface area contributed by atoms with Crippen LogP contribution in [0.3, 0.4) is 0 Å². The molecule has 38 heavy (non-hydrogen) atoms. The predicted octanol–water partition coefficient (Wildman–Crippen LogP) is 4.58. The zero-order chi connectivity index (χ0) is 27.7. The molecule has 3 amide bonds. The Kier molecular flexibility index (Phi) is 9.44. The van der Waals surface area contributed by atoms with Crippen molar-refractivity contribution in [1.82, 2.24) is 5.43 Å². The summed E-state index contributed by atoms with van der Waals surface area (Å²) in [7, 11) is 1.50. The maximum Gasteiger partial charge on any atom is 0.418 e. The van der Waals surface area contributed by atoms with Gasteiger partial charge in [-0.05, 0) is 72.3 Å². The lowest BCUT2D eigenvalue weighted by Crippen LogP contribution is -2.32. The first-order valence-corrected chi connectivity index (χ1v) is 11.5. The molecule has 0 saturated heterocycles. The van der Waals surface area contributed by atoms with E-state index in [1.54, 1.807) is 36.4 Å². The van der Waals surface area contributed by atoms with Crippen LogP contribution in [0.15, 0.2) is 76.3 Å². The van der Waals surface area contributed by atoms with Gasteiger partial charge in [-0.25, -0.2) is 5.43 Å². The number of amides is 3. The van der Waals surface area contributed by atoms with Crippen LogP contribution >= 0.6 is 15.9 Å². The Morgan fingerprint density at radius 1 is 0.921 bits per heavy atom. The number of carbonyl (C=O) groups excluding carboxylic acids is 3. The normalized spacial score (nSPS) is 11.1. The molecule has 3 rings (SSSR count). The SMILES string of the molecule is COc1ccc(NC(=O)C(=O)N/N=C\c2ccc(OCC(=O)Nc3ccc(Br)cc3C(F)(F)F)cc2)cc1. The monoisotopic (exact) mass is 592 g/mol. The van der Waals surface area contributed by atoms with E-state index in [4.69, 9.17) is 9.47 Å². The molecule has 0 aliphatic carbocycles. The third-order valence-corrected chi connectivity index (χ3v) is 5.24. The Balaban J connectivity index is 1.47. The lowest BCUT2D eigenvalue weighted by molar-refractivity contribution is -0.137. The van der Waals surface area contributed by atoms with Gasteiger partial charge in [0.05, 0.1) is 24.6 Å². The number of nitrogens with zero attached hydrogens (tertiary/aromatic N) is 1. The number of ether oxygens (including phenoxy) is 2. The van der Waals surface area contributed by atoms with E-state index < -0.39 is 36.1 Å². The summed E-state index contributed by atoms with van der Waals surface area (Å²) in [5.41, 5.74) is 1.65. The lowest BCUT2D eigenvalue weighted by Gasteiger charge is -2.14. The van der Waals surface area contributed by atoms with Gasteiger partial charge in [-0.2, -0.15) is 18.3 Å². The second-order valence-corrected chi connectivity index (χ2v) is 8.39. The molecule has 0 spiro atoms. The Morgan fingerprint density at radius 2 is 1.58 bits per heavy atom. The van der Waals surface area contributed by atoms with Gasteiger partial charge in [0.25, 0.3) is 5.91 Å². The molecule has 0 aromatic heterocycles. The summed E-state index contributed by atoms with van der Waals surface area (Å²) in [5, 5.41) is 8.31. The number of rotatable bonds is 8. The Morgan fingerprint density at radius 3 is 2.21 bits per heavy atom. The molecule has 0 aliphatic heterocycles. The number of hydrogen-bond acceptors (Lipinski definition) is 6. The topological polar surface area (TPSA) is 118 Å². The zero-order valence-corrected chi connectivity index (χ0v) is 21.2. The first-order valence-electron chi connectivity index (χ1n) is 10.7. The fourth-order valence-corrected chi connectivity index (χ4v) is 3.28. The van der Waals surface area contributed by atoms with Gasteiger partial charge in [-0.3, -0.25) is 14.4 Å². The van der Waals surface area contributed by atoms with Crippen LogP contribution < -0.4 is 25.5 Å². The van der Waals surface area contributed by atoms with Gasteiger partial charge < -0.3 is 20.1 Å². The number of anilines is 2. The van der Waals surface area contributed by atoms with Crippen molar-refractivity contribution in [2.75, 3.05) is 24.4 Å². The number of halogens is 4. The van der Waals surface area contributed by atoms with Crippen LogP contribution in [0.4, 0.5) is 24.5 Å². The average molecular weight is 593 g/mol. The molecule has 9 nitrogen and oxygen atoms in total. The largest absolute Gasteiger partial charge is 0.497 e. The van der Waals surface area contributed by atoms with E-state index in [9.17, 15) is 27.6 Å². The van der Waals surface area contributed by atoms with Crippen LogP contribution in [-0.4, -0.2) is 37.7 Å². The molecule has 13 heteroatoms. The van der Waals surface area contributed by atoms with E-state index >= 15 is 0 Å². The molecule has 198 valence electrons. The molecule has 3 aromatic rings. The number of nitrogens with one attached hydrogen (secondary N) is 3. The van der Waals surface area contributed by atoms with Gasteiger partial charge in [0, 0.05) is 10.2 Å². The number of hydrazone groups is 1. The van der Waals surface area contributed by atoms with E-state index in [2.05, 4.69) is 37.1 Å². The summed E-state index contributed by atoms with van der Waals surface area (Å²) in [6, 6.07) is 15.9. The Labute approximate surface area is 223 Å². The first-order chi connectivity index (χ1) is 18.0. The smallest absolute Gasteiger partial charge is 0.418 e. The highest BCUT2D eigenvalue weighted by Gasteiger charge is 2.34. The van der Waals surface area contributed by atoms with Crippen molar-refractivity contribution in [3.8, 4) is 11.5 Å². The summed E-state index contributed by atoms with van der Waals surface area (Å²) in [4.78, 5) is 36.0. The molecule has 0 atom stereocenters. The standard InChI is InChI=1S/C25H20BrF3N4O5/c1-37-18-9-5-17(6-10-18)31-23(35)24(36)33-30-13-15-2-7-19(8-3-15)38-14-22(34)32-21-11-4-16(26)12-20(21)25(27,28)29/h2-13H,14H2,1H3,(H,31,35)(H,32,34)(H,33,36)/b30-13-. The molecular formula is C25H20BrF3N4O5. The van der Waals surface area contributed by atoms with Gasteiger partial charge in [0.15, 0.2) is 6.61 Å². The van der Waals surface area contributed by atoms with Crippen LogP contribution in [0.25, 0.3) is 0 Å². The van der Waals surface area contributed by atoms with E-state index in [0.717, 1.165) is 12.1 Å². The number of alkyl halides is 3. The van der Waals surface area contributed by atoms with Crippen LogP contribution in [0.1, 0.15) is 11.1 Å². The van der Waals surface area contributed by atoms with Crippen molar-refractivity contribution >= 4 is 51.2 Å². The molecule has 0 heterocycles. The number of benzene rings is 3. The molecule has 0 saturated carbocycles. The van der Waals surface area contributed by atoms with Crippen molar-refractivity contribution < 1.29 is 37.0 Å². The first kappa shape index (κ1) is 28.2. The summed E-state index contributed by atoms with van der Waals surface area (Å²) in [6.45, 7) is -0.528. The Hall–Kier alpha value is -4.39.